The number of hydrogen-bond acceptors (Lipinski definition) is 5. The van der Waals surface area contributed by atoms with Crippen LogP contribution in [-0.4, -0.2) is 23.4 Å². The van der Waals surface area contributed by atoms with Gasteiger partial charge in [0.25, 0.3) is 0 Å². The van der Waals surface area contributed by atoms with Gasteiger partial charge in [0.2, 0.25) is 11.8 Å². The van der Waals surface area contributed by atoms with Crippen LogP contribution in [0, 0.1) is 18.8 Å². The Hall–Kier alpha value is -2.31. The van der Waals surface area contributed by atoms with Crippen LogP contribution >= 0.6 is 22.9 Å². The second kappa shape index (κ2) is 15.7. The number of aryl methyl sites for hydroxylation is 2. The fourth-order valence-corrected chi connectivity index (χ4v) is 4.88. The summed E-state index contributed by atoms with van der Waals surface area (Å²) < 4.78 is 0. The minimum atomic E-state index is -0.141. The van der Waals surface area contributed by atoms with E-state index >= 15 is 0 Å². The third kappa shape index (κ3) is 9.98. The van der Waals surface area contributed by atoms with Crippen molar-refractivity contribution in [3.8, 4) is 0 Å². The lowest BCUT2D eigenvalue weighted by Gasteiger charge is -2.15. The van der Waals surface area contributed by atoms with E-state index in [-0.39, 0.29) is 29.4 Å². The number of nitrogens with one attached hydrogen (secondary N) is 1. The number of carbonyl (C=O) groups excluding carboxylic acids is 4. The van der Waals surface area contributed by atoms with E-state index in [1.165, 1.54) is 10.4 Å². The summed E-state index contributed by atoms with van der Waals surface area (Å²) in [5.74, 6) is 0.391. The molecular formula is C29H40ClNO4S. The van der Waals surface area contributed by atoms with Gasteiger partial charge in [0.1, 0.15) is 5.78 Å². The largest absolute Gasteiger partial charge is 0.300 e. The lowest BCUT2D eigenvalue weighted by atomic mass is 9.94. The highest BCUT2D eigenvalue weighted by Crippen LogP contribution is 2.26. The van der Waals surface area contributed by atoms with Gasteiger partial charge in [-0.3, -0.25) is 24.5 Å². The van der Waals surface area contributed by atoms with E-state index in [0.717, 1.165) is 41.0 Å². The van der Waals surface area contributed by atoms with Crippen LogP contribution in [0.5, 0.6) is 0 Å². The number of thiophene rings is 1. The van der Waals surface area contributed by atoms with Crippen molar-refractivity contribution >= 4 is 46.3 Å². The molecule has 1 aliphatic heterocycles. The van der Waals surface area contributed by atoms with Crippen molar-refractivity contribution in [2.45, 2.75) is 87.0 Å². The highest BCUT2D eigenvalue weighted by Gasteiger charge is 2.21. The standard InChI is InChI=1S/C13H20OS.C10H11ClO.C6H9NO2/c1-5-9(4)13(14)11-8-15-12(7-3)10(11)6-2;1-7-3-4-9(5-8(2)12)6-10(7)11;1-4-2-3-5(8)7-6(4)9/h8-9H,5-7H2,1-4H3;3-4,6H,5H2,1-2H3;4H,2-3H2,1H3,(H,7,8,9). The molecule has 1 aliphatic rings. The summed E-state index contributed by atoms with van der Waals surface area (Å²) >= 11 is 7.62. The van der Waals surface area contributed by atoms with Crippen molar-refractivity contribution in [2.75, 3.05) is 0 Å². The van der Waals surface area contributed by atoms with Crippen LogP contribution in [0.15, 0.2) is 23.6 Å². The third-order valence-corrected chi connectivity index (χ3v) is 7.77. The summed E-state index contributed by atoms with van der Waals surface area (Å²) in [6.07, 6.45) is 4.61. The quantitative estimate of drug-likeness (QED) is 0.308. The van der Waals surface area contributed by atoms with Gasteiger partial charge >= 0.3 is 0 Å². The summed E-state index contributed by atoms with van der Waals surface area (Å²) in [6.45, 7) is 13.7. The summed E-state index contributed by atoms with van der Waals surface area (Å²) in [5, 5.41) is 5.03. The van der Waals surface area contributed by atoms with Crippen molar-refractivity contribution in [1.29, 1.82) is 0 Å². The van der Waals surface area contributed by atoms with E-state index < -0.39 is 0 Å². The first-order valence-electron chi connectivity index (χ1n) is 12.7. The maximum Gasteiger partial charge on any atom is 0.229 e. The van der Waals surface area contributed by atoms with Gasteiger partial charge in [-0.2, -0.15) is 0 Å². The zero-order valence-electron chi connectivity index (χ0n) is 22.6. The molecule has 5 nitrogen and oxygen atoms in total. The van der Waals surface area contributed by atoms with E-state index in [2.05, 4.69) is 26.1 Å². The summed E-state index contributed by atoms with van der Waals surface area (Å²) in [7, 11) is 0. The molecule has 2 aromatic rings. The van der Waals surface area contributed by atoms with Gasteiger partial charge in [0.15, 0.2) is 5.78 Å². The molecule has 0 saturated carbocycles. The van der Waals surface area contributed by atoms with Crippen molar-refractivity contribution in [3.05, 3.63) is 55.7 Å². The molecule has 0 aliphatic carbocycles. The first-order valence-corrected chi connectivity index (χ1v) is 13.9. The van der Waals surface area contributed by atoms with E-state index in [9.17, 15) is 19.2 Å². The number of carbonyl (C=O) groups is 4. The predicted octanol–water partition coefficient (Wildman–Crippen LogP) is 6.94. The number of rotatable bonds is 7. The molecule has 3 rings (SSSR count). The van der Waals surface area contributed by atoms with Crippen molar-refractivity contribution in [1.82, 2.24) is 5.32 Å². The lowest BCUT2D eigenvalue weighted by Crippen LogP contribution is -2.39. The average Bonchev–Trinajstić information content (AvgIpc) is 3.26. The number of ketones is 2. The molecule has 1 saturated heterocycles. The smallest absolute Gasteiger partial charge is 0.229 e. The number of halogens is 1. The number of benzene rings is 1. The third-order valence-electron chi connectivity index (χ3n) is 6.18. The molecule has 1 fully saturated rings. The molecule has 0 radical (unpaired) electrons. The second-order valence-corrected chi connectivity index (χ2v) is 10.6. The van der Waals surface area contributed by atoms with Crippen molar-refractivity contribution < 1.29 is 19.2 Å². The summed E-state index contributed by atoms with van der Waals surface area (Å²) in [6, 6.07) is 5.71. The van der Waals surface area contributed by atoms with Gasteiger partial charge in [-0.1, -0.05) is 58.4 Å². The number of Topliss-reactive ketones (excluding diaryl/α,β-unsaturated/α-hetero) is 2. The molecule has 0 spiro atoms. The van der Waals surface area contributed by atoms with Gasteiger partial charge in [0.05, 0.1) is 0 Å². The minimum Gasteiger partial charge on any atom is -0.300 e. The van der Waals surface area contributed by atoms with Crippen LogP contribution in [0.2, 0.25) is 5.02 Å². The number of amides is 2. The van der Waals surface area contributed by atoms with Crippen LogP contribution in [0.1, 0.15) is 92.7 Å². The molecule has 36 heavy (non-hydrogen) atoms. The highest BCUT2D eigenvalue weighted by atomic mass is 35.5. The Balaban J connectivity index is 0.000000279. The Morgan fingerprint density at radius 1 is 1.17 bits per heavy atom. The van der Waals surface area contributed by atoms with Gasteiger partial charge < -0.3 is 0 Å². The van der Waals surface area contributed by atoms with E-state index in [1.54, 1.807) is 18.3 Å². The summed E-state index contributed by atoms with van der Waals surface area (Å²) in [4.78, 5) is 45.4. The van der Waals surface area contributed by atoms with Crippen LogP contribution < -0.4 is 5.32 Å². The maximum absolute atomic E-state index is 12.1. The molecule has 2 amide bonds. The SMILES string of the molecule is CC(=O)Cc1ccc(C)c(Cl)c1.CC1CCC(=O)NC1=O.CCc1scc(C(=O)C(C)CC)c1CC. The molecule has 1 aromatic heterocycles. The van der Waals surface area contributed by atoms with Gasteiger partial charge in [-0.05, 0) is 62.3 Å². The van der Waals surface area contributed by atoms with Gasteiger partial charge in [-0.25, -0.2) is 0 Å². The van der Waals surface area contributed by atoms with Crippen LogP contribution in [0.25, 0.3) is 0 Å². The summed E-state index contributed by atoms with van der Waals surface area (Å²) in [5.41, 5.74) is 4.29. The molecule has 0 bridgehead atoms. The lowest BCUT2D eigenvalue weighted by molar-refractivity contribution is -0.135. The number of imide groups is 1. The van der Waals surface area contributed by atoms with E-state index in [0.29, 0.717) is 25.0 Å². The average molecular weight is 534 g/mol. The maximum atomic E-state index is 12.1. The zero-order valence-corrected chi connectivity index (χ0v) is 24.2. The number of piperidine rings is 1. The van der Waals surface area contributed by atoms with E-state index in [1.807, 2.05) is 44.4 Å². The number of hydrogen-bond donors (Lipinski definition) is 1. The Labute approximate surface area is 225 Å². The molecule has 1 N–H and O–H groups in total. The van der Waals surface area contributed by atoms with Crippen LogP contribution in [-0.2, 0) is 33.6 Å². The molecule has 198 valence electrons. The van der Waals surface area contributed by atoms with Crippen LogP contribution in [0.3, 0.4) is 0 Å². The Bertz CT molecular complexity index is 1060. The van der Waals surface area contributed by atoms with E-state index in [4.69, 9.17) is 11.6 Å². The topological polar surface area (TPSA) is 80.3 Å². The molecule has 7 heteroatoms. The van der Waals surface area contributed by atoms with Crippen LogP contribution in [0.4, 0.5) is 0 Å². The normalized spacial score (nSPS) is 15.6. The molecule has 2 heterocycles. The first kappa shape index (κ1) is 31.7. The Kier molecular flexibility index (Phi) is 13.9. The van der Waals surface area contributed by atoms with Gasteiger partial charge in [0, 0.05) is 45.5 Å². The molecule has 1 aromatic carbocycles. The predicted molar refractivity (Wildman–Crippen MR) is 149 cm³/mol. The minimum absolute atomic E-state index is 0.0164. The fraction of sp³-hybridized carbons (Fsp3) is 0.517. The molecule has 2 unspecified atom stereocenters. The molecular weight excluding hydrogens is 494 g/mol. The zero-order chi connectivity index (χ0) is 27.4. The second-order valence-electron chi connectivity index (χ2n) is 9.25. The Morgan fingerprint density at radius 2 is 1.83 bits per heavy atom. The fourth-order valence-electron chi connectivity index (χ4n) is 3.60. The van der Waals surface area contributed by atoms with Crippen molar-refractivity contribution in [3.63, 3.8) is 0 Å². The highest BCUT2D eigenvalue weighted by molar-refractivity contribution is 7.10. The monoisotopic (exact) mass is 533 g/mol. The van der Waals surface area contributed by atoms with Gasteiger partial charge in [-0.15, -0.1) is 11.3 Å². The Morgan fingerprint density at radius 3 is 2.31 bits per heavy atom. The first-order chi connectivity index (χ1) is 16.9. The molecule has 2 atom stereocenters. The van der Waals surface area contributed by atoms with Crippen molar-refractivity contribution in [2.24, 2.45) is 11.8 Å².